The minimum atomic E-state index is -3.28. The molecular formula is C20H20N2O4S. The minimum absolute atomic E-state index is 0.0507. The molecule has 2 aromatic carbocycles. The van der Waals surface area contributed by atoms with Crippen LogP contribution in [-0.2, 0) is 9.84 Å². The van der Waals surface area contributed by atoms with Crippen LogP contribution in [0.4, 0.5) is 0 Å². The van der Waals surface area contributed by atoms with Gasteiger partial charge in [0.1, 0.15) is 5.69 Å². The third kappa shape index (κ3) is 4.32. The summed E-state index contributed by atoms with van der Waals surface area (Å²) in [5.41, 5.74) is 2.55. The van der Waals surface area contributed by atoms with Crippen LogP contribution < -0.4 is 0 Å². The van der Waals surface area contributed by atoms with E-state index in [0.717, 1.165) is 17.5 Å². The van der Waals surface area contributed by atoms with Crippen LogP contribution in [0.25, 0.3) is 16.9 Å². The smallest absolute Gasteiger partial charge is 0.183 e. The predicted octanol–water partition coefficient (Wildman–Crippen LogP) is 2.90. The number of ketones is 1. The normalized spacial score (nSPS) is 11.5. The number of sulfone groups is 1. The van der Waals surface area contributed by atoms with Crippen molar-refractivity contribution in [3.05, 3.63) is 66.4 Å². The number of para-hydroxylation sites is 1. The average molecular weight is 384 g/mol. The number of nitrogens with zero attached hydrogens (tertiary/aromatic N) is 2. The van der Waals surface area contributed by atoms with Crippen LogP contribution in [0.1, 0.15) is 23.3 Å². The Bertz CT molecular complexity index is 1040. The molecule has 0 aliphatic carbocycles. The number of aliphatic hydroxyl groups excluding tert-OH is 1. The Morgan fingerprint density at radius 2 is 1.74 bits per heavy atom. The first-order chi connectivity index (χ1) is 12.9. The van der Waals surface area contributed by atoms with E-state index in [4.69, 9.17) is 5.11 Å². The lowest BCUT2D eigenvalue weighted by atomic mass is 10.1. The molecule has 0 radical (unpaired) electrons. The van der Waals surface area contributed by atoms with Crippen molar-refractivity contribution >= 4 is 15.6 Å². The van der Waals surface area contributed by atoms with Crippen molar-refractivity contribution in [2.45, 2.75) is 17.7 Å². The van der Waals surface area contributed by atoms with E-state index in [1.807, 2.05) is 30.3 Å². The molecule has 3 aromatic rings. The highest BCUT2D eigenvalue weighted by Crippen LogP contribution is 2.26. The van der Waals surface area contributed by atoms with Gasteiger partial charge in [0.25, 0.3) is 0 Å². The molecule has 27 heavy (non-hydrogen) atoms. The molecule has 1 aromatic heterocycles. The van der Waals surface area contributed by atoms with Crippen molar-refractivity contribution in [1.82, 2.24) is 9.78 Å². The monoisotopic (exact) mass is 384 g/mol. The first-order valence-corrected chi connectivity index (χ1v) is 10.4. The van der Waals surface area contributed by atoms with Gasteiger partial charge in [0.05, 0.1) is 16.3 Å². The highest BCUT2D eigenvalue weighted by atomic mass is 32.2. The van der Waals surface area contributed by atoms with Crippen LogP contribution >= 0.6 is 0 Å². The van der Waals surface area contributed by atoms with Gasteiger partial charge in [0.15, 0.2) is 15.6 Å². The topological polar surface area (TPSA) is 89.3 Å². The number of aliphatic hydroxyl groups is 1. The molecule has 0 atom stereocenters. The quantitative estimate of drug-likeness (QED) is 0.633. The fourth-order valence-electron chi connectivity index (χ4n) is 2.73. The Hall–Kier alpha value is -2.77. The molecule has 140 valence electrons. The second-order valence-electron chi connectivity index (χ2n) is 6.21. The Labute approximate surface area is 158 Å². The summed E-state index contributed by atoms with van der Waals surface area (Å²) in [5.74, 6) is -0.146. The molecule has 3 rings (SSSR count). The molecule has 6 nitrogen and oxygen atoms in total. The largest absolute Gasteiger partial charge is 0.396 e. The van der Waals surface area contributed by atoms with E-state index in [1.165, 1.54) is 0 Å². The van der Waals surface area contributed by atoms with E-state index in [0.29, 0.717) is 17.8 Å². The zero-order valence-corrected chi connectivity index (χ0v) is 15.7. The first-order valence-electron chi connectivity index (χ1n) is 8.50. The Kier molecular flexibility index (Phi) is 5.53. The van der Waals surface area contributed by atoms with Gasteiger partial charge >= 0.3 is 0 Å². The lowest BCUT2D eigenvalue weighted by molar-refractivity contribution is 0.0966. The fourth-order valence-corrected chi connectivity index (χ4v) is 3.36. The van der Waals surface area contributed by atoms with Crippen molar-refractivity contribution in [2.24, 2.45) is 0 Å². The van der Waals surface area contributed by atoms with Gasteiger partial charge in [-0.2, -0.15) is 5.10 Å². The molecule has 0 saturated heterocycles. The Morgan fingerprint density at radius 1 is 1.07 bits per heavy atom. The van der Waals surface area contributed by atoms with Crippen molar-refractivity contribution in [2.75, 3.05) is 12.9 Å². The van der Waals surface area contributed by atoms with Gasteiger partial charge in [-0.05, 0) is 36.8 Å². The summed E-state index contributed by atoms with van der Waals surface area (Å²) in [6.07, 6.45) is 1.76. The van der Waals surface area contributed by atoms with Crippen molar-refractivity contribution in [1.29, 1.82) is 0 Å². The maximum Gasteiger partial charge on any atom is 0.183 e. The molecule has 0 bridgehead atoms. The van der Waals surface area contributed by atoms with E-state index < -0.39 is 9.84 Å². The third-order valence-corrected chi connectivity index (χ3v) is 5.26. The highest BCUT2D eigenvalue weighted by molar-refractivity contribution is 7.90. The number of carbonyl (C=O) groups excluding carboxylic acids is 1. The lowest BCUT2D eigenvalue weighted by Gasteiger charge is -2.08. The number of hydrogen-bond donors (Lipinski definition) is 1. The average Bonchev–Trinajstić information content (AvgIpc) is 3.12. The molecule has 0 aliphatic rings. The van der Waals surface area contributed by atoms with Crippen molar-refractivity contribution in [3.63, 3.8) is 0 Å². The summed E-state index contributed by atoms with van der Waals surface area (Å²) in [6, 6.07) is 17.6. The summed E-state index contributed by atoms with van der Waals surface area (Å²) in [6.45, 7) is -0.0507. The number of carbonyl (C=O) groups is 1. The highest BCUT2D eigenvalue weighted by Gasteiger charge is 2.17. The molecule has 0 fully saturated rings. The molecule has 1 N–H and O–H groups in total. The van der Waals surface area contributed by atoms with Crippen molar-refractivity contribution in [3.8, 4) is 16.9 Å². The van der Waals surface area contributed by atoms with Gasteiger partial charge in [0, 0.05) is 24.8 Å². The van der Waals surface area contributed by atoms with Gasteiger partial charge in [-0.25, -0.2) is 13.1 Å². The van der Waals surface area contributed by atoms with Gasteiger partial charge in [-0.1, -0.05) is 30.3 Å². The van der Waals surface area contributed by atoms with Gasteiger partial charge in [0.2, 0.25) is 0 Å². The lowest BCUT2D eigenvalue weighted by Crippen LogP contribution is -2.04. The molecule has 0 spiro atoms. The molecule has 0 aliphatic heterocycles. The standard InChI is InChI=1S/C20H20N2O4S/c1-27(25,26)17-11-9-15(10-12-17)19-14-18(20(24)8-5-13-23)21-22(19)16-6-3-2-4-7-16/h2-4,6-7,9-12,14,23H,5,8,13H2,1H3. The van der Waals surface area contributed by atoms with E-state index in [2.05, 4.69) is 5.10 Å². The molecule has 0 unspecified atom stereocenters. The van der Waals surface area contributed by atoms with E-state index >= 15 is 0 Å². The summed E-state index contributed by atoms with van der Waals surface area (Å²) < 4.78 is 25.0. The van der Waals surface area contributed by atoms with Crippen LogP contribution in [0.5, 0.6) is 0 Å². The number of rotatable bonds is 7. The summed E-state index contributed by atoms with van der Waals surface area (Å²) >= 11 is 0. The van der Waals surface area contributed by atoms with Crippen LogP contribution in [0.3, 0.4) is 0 Å². The second kappa shape index (κ2) is 7.85. The molecule has 0 saturated carbocycles. The Morgan fingerprint density at radius 3 is 2.33 bits per heavy atom. The summed E-state index contributed by atoms with van der Waals surface area (Å²) in [5, 5.41) is 13.4. The van der Waals surface area contributed by atoms with Gasteiger partial charge in [-0.15, -0.1) is 0 Å². The molecule has 0 amide bonds. The van der Waals surface area contributed by atoms with Crippen LogP contribution in [-0.4, -0.2) is 42.0 Å². The fraction of sp³-hybridized carbons (Fsp3) is 0.200. The maximum atomic E-state index is 12.4. The maximum absolute atomic E-state index is 12.4. The molecule has 1 heterocycles. The number of aromatic nitrogens is 2. The van der Waals surface area contributed by atoms with E-state index in [1.54, 1.807) is 35.0 Å². The van der Waals surface area contributed by atoms with Crippen LogP contribution in [0, 0.1) is 0 Å². The minimum Gasteiger partial charge on any atom is -0.396 e. The molecular weight excluding hydrogens is 364 g/mol. The second-order valence-corrected chi connectivity index (χ2v) is 8.22. The number of hydrogen-bond acceptors (Lipinski definition) is 5. The van der Waals surface area contributed by atoms with Crippen LogP contribution in [0.2, 0.25) is 0 Å². The summed E-state index contributed by atoms with van der Waals surface area (Å²) in [7, 11) is -3.28. The zero-order chi connectivity index (χ0) is 19.4. The van der Waals surface area contributed by atoms with Crippen molar-refractivity contribution < 1.29 is 18.3 Å². The third-order valence-electron chi connectivity index (χ3n) is 4.14. The van der Waals surface area contributed by atoms with Gasteiger partial charge in [-0.3, -0.25) is 4.79 Å². The SMILES string of the molecule is CS(=O)(=O)c1ccc(-c2cc(C(=O)CCCO)nn2-c2ccccc2)cc1. The molecule has 7 heteroatoms. The van der Waals surface area contributed by atoms with Gasteiger partial charge < -0.3 is 5.11 Å². The number of Topliss-reactive ketones (excluding diaryl/α,β-unsaturated/α-hetero) is 1. The first kappa shape index (κ1) is 19.0. The zero-order valence-electron chi connectivity index (χ0n) is 14.9. The predicted molar refractivity (Wildman–Crippen MR) is 103 cm³/mol. The summed E-state index contributed by atoms with van der Waals surface area (Å²) in [4.78, 5) is 12.6. The van der Waals surface area contributed by atoms with E-state index in [-0.39, 0.29) is 23.7 Å². The Balaban J connectivity index is 2.07. The van der Waals surface area contributed by atoms with E-state index in [9.17, 15) is 13.2 Å². The number of benzene rings is 2. The van der Waals surface area contributed by atoms with Crippen LogP contribution in [0.15, 0.2) is 65.6 Å².